The number of hydrogen-bond donors (Lipinski definition) is 1. The Balaban J connectivity index is 1.89. The number of nitrogens with one attached hydrogen (secondary N) is 1. The molecule has 0 radical (unpaired) electrons. The van der Waals surface area contributed by atoms with Crippen molar-refractivity contribution in [3.63, 3.8) is 0 Å². The summed E-state index contributed by atoms with van der Waals surface area (Å²) >= 11 is 3.80. The van der Waals surface area contributed by atoms with Gasteiger partial charge in [0.1, 0.15) is 10.4 Å². The van der Waals surface area contributed by atoms with Gasteiger partial charge in [-0.25, -0.2) is 4.98 Å². The number of hydrogen-bond acceptors (Lipinski definition) is 4. The van der Waals surface area contributed by atoms with E-state index in [-0.39, 0.29) is 6.04 Å². The van der Waals surface area contributed by atoms with Crippen LogP contribution in [-0.2, 0) is 7.05 Å². The standard InChI is InChI=1S/C19H28BrN5/c1-4-24-10-12-25(13-11-24)16(14-21-2)17-18(20)23(3)19(22-17)15-8-6-5-7-9-15/h5-9,16,21H,4,10-14H2,1-3H3. The van der Waals surface area contributed by atoms with Crippen LogP contribution in [0.2, 0.25) is 0 Å². The van der Waals surface area contributed by atoms with Crippen LogP contribution in [-0.4, -0.2) is 65.7 Å². The summed E-state index contributed by atoms with van der Waals surface area (Å²) in [7, 11) is 4.10. The quantitative estimate of drug-likeness (QED) is 0.801. The van der Waals surface area contributed by atoms with Crippen molar-refractivity contribution in [2.45, 2.75) is 13.0 Å². The van der Waals surface area contributed by atoms with Crippen molar-refractivity contribution in [2.75, 3.05) is 46.3 Å². The maximum absolute atomic E-state index is 5.03. The van der Waals surface area contributed by atoms with E-state index in [1.165, 1.54) is 0 Å². The van der Waals surface area contributed by atoms with Gasteiger partial charge in [-0.1, -0.05) is 37.3 Å². The van der Waals surface area contributed by atoms with E-state index < -0.39 is 0 Å². The van der Waals surface area contributed by atoms with Crippen molar-refractivity contribution < 1.29 is 0 Å². The Hall–Kier alpha value is -1.21. The molecule has 0 amide bonds. The molecule has 1 fully saturated rings. The number of likely N-dealkylation sites (N-methyl/N-ethyl adjacent to an activating group) is 2. The third kappa shape index (κ3) is 3.97. The second-order valence-corrected chi connectivity index (χ2v) is 7.33. The zero-order valence-electron chi connectivity index (χ0n) is 15.4. The number of aromatic nitrogens is 2. The van der Waals surface area contributed by atoms with E-state index in [0.717, 1.165) is 61.0 Å². The second kappa shape index (κ2) is 8.45. The van der Waals surface area contributed by atoms with Gasteiger partial charge in [0.2, 0.25) is 0 Å². The Morgan fingerprint density at radius 1 is 1.16 bits per heavy atom. The summed E-state index contributed by atoms with van der Waals surface area (Å²) in [4.78, 5) is 10.1. The summed E-state index contributed by atoms with van der Waals surface area (Å²) in [5.74, 6) is 1.01. The van der Waals surface area contributed by atoms with Crippen LogP contribution in [0.5, 0.6) is 0 Å². The summed E-state index contributed by atoms with van der Waals surface area (Å²) in [5, 5.41) is 3.36. The molecule has 25 heavy (non-hydrogen) atoms. The molecule has 1 aliphatic rings. The first-order valence-electron chi connectivity index (χ1n) is 9.04. The van der Waals surface area contributed by atoms with Crippen LogP contribution in [0, 0.1) is 0 Å². The maximum atomic E-state index is 5.03. The predicted octanol–water partition coefficient (Wildman–Crippen LogP) is 2.75. The first kappa shape index (κ1) is 18.6. The summed E-state index contributed by atoms with van der Waals surface area (Å²) in [6, 6.07) is 10.7. The minimum atomic E-state index is 0.280. The van der Waals surface area contributed by atoms with E-state index in [1.807, 2.05) is 13.1 Å². The highest BCUT2D eigenvalue weighted by Crippen LogP contribution is 2.32. The van der Waals surface area contributed by atoms with Crippen LogP contribution < -0.4 is 5.32 Å². The molecule has 1 saturated heterocycles. The molecule has 1 aromatic heterocycles. The number of nitrogens with zero attached hydrogens (tertiary/aromatic N) is 4. The van der Waals surface area contributed by atoms with Crippen LogP contribution in [0.3, 0.4) is 0 Å². The Morgan fingerprint density at radius 2 is 1.84 bits per heavy atom. The highest BCUT2D eigenvalue weighted by Gasteiger charge is 2.29. The van der Waals surface area contributed by atoms with Crippen molar-refractivity contribution in [3.8, 4) is 11.4 Å². The molecule has 1 aromatic carbocycles. The molecule has 1 atom stereocenters. The smallest absolute Gasteiger partial charge is 0.140 e. The Morgan fingerprint density at radius 3 is 2.44 bits per heavy atom. The molecule has 0 aliphatic carbocycles. The van der Waals surface area contributed by atoms with Gasteiger partial charge in [0.25, 0.3) is 0 Å². The lowest BCUT2D eigenvalue weighted by atomic mass is 10.1. The molecule has 2 heterocycles. The van der Waals surface area contributed by atoms with Crippen molar-refractivity contribution in [3.05, 3.63) is 40.6 Å². The molecule has 0 spiro atoms. The van der Waals surface area contributed by atoms with E-state index in [0.29, 0.717) is 0 Å². The van der Waals surface area contributed by atoms with Crippen LogP contribution >= 0.6 is 15.9 Å². The maximum Gasteiger partial charge on any atom is 0.140 e. The van der Waals surface area contributed by atoms with Crippen LogP contribution in [0.15, 0.2) is 34.9 Å². The van der Waals surface area contributed by atoms with Crippen molar-refractivity contribution >= 4 is 15.9 Å². The third-order valence-electron chi connectivity index (χ3n) is 5.09. The highest BCUT2D eigenvalue weighted by molar-refractivity contribution is 9.10. The molecule has 1 aliphatic heterocycles. The SMILES string of the molecule is CCN1CCN(C(CNC)c2nc(-c3ccccc3)n(C)c2Br)CC1. The average Bonchev–Trinajstić information content (AvgIpc) is 2.96. The van der Waals surface area contributed by atoms with E-state index in [4.69, 9.17) is 4.98 Å². The van der Waals surface area contributed by atoms with Gasteiger partial charge in [0, 0.05) is 45.3 Å². The minimum Gasteiger partial charge on any atom is -0.322 e. The fourth-order valence-electron chi connectivity index (χ4n) is 3.54. The van der Waals surface area contributed by atoms with Crippen molar-refractivity contribution in [2.24, 2.45) is 7.05 Å². The minimum absolute atomic E-state index is 0.280. The van der Waals surface area contributed by atoms with Crippen LogP contribution in [0.25, 0.3) is 11.4 Å². The average molecular weight is 406 g/mol. The number of rotatable bonds is 6. The molecule has 0 bridgehead atoms. The Labute approximate surface area is 159 Å². The molecule has 0 saturated carbocycles. The van der Waals surface area contributed by atoms with E-state index >= 15 is 0 Å². The second-order valence-electron chi connectivity index (χ2n) is 6.58. The van der Waals surface area contributed by atoms with Gasteiger partial charge >= 0.3 is 0 Å². The molecule has 1 unspecified atom stereocenters. The first-order valence-corrected chi connectivity index (χ1v) is 9.83. The summed E-state index contributed by atoms with van der Waals surface area (Å²) in [6.45, 7) is 8.71. The van der Waals surface area contributed by atoms with E-state index in [9.17, 15) is 0 Å². The lowest BCUT2D eigenvalue weighted by molar-refractivity contribution is 0.0972. The van der Waals surface area contributed by atoms with Crippen LogP contribution in [0.1, 0.15) is 18.7 Å². The van der Waals surface area contributed by atoms with Gasteiger partial charge in [-0.2, -0.15) is 0 Å². The Bertz CT molecular complexity index is 677. The van der Waals surface area contributed by atoms with Crippen LogP contribution in [0.4, 0.5) is 0 Å². The molecule has 3 rings (SSSR count). The summed E-state index contributed by atoms with van der Waals surface area (Å²) in [6.07, 6.45) is 0. The summed E-state index contributed by atoms with van der Waals surface area (Å²) in [5.41, 5.74) is 2.27. The van der Waals surface area contributed by atoms with Gasteiger partial charge in [-0.3, -0.25) is 4.90 Å². The Kier molecular flexibility index (Phi) is 6.28. The largest absolute Gasteiger partial charge is 0.322 e. The molecule has 6 heteroatoms. The van der Waals surface area contributed by atoms with Gasteiger partial charge in [0.05, 0.1) is 11.7 Å². The molecular weight excluding hydrogens is 378 g/mol. The summed E-state index contributed by atoms with van der Waals surface area (Å²) < 4.78 is 3.22. The van der Waals surface area contributed by atoms with Gasteiger partial charge < -0.3 is 14.8 Å². The number of imidazole rings is 1. The van der Waals surface area contributed by atoms with E-state index in [2.05, 4.69) is 73.9 Å². The lowest BCUT2D eigenvalue weighted by Crippen LogP contribution is -2.49. The van der Waals surface area contributed by atoms with Crippen molar-refractivity contribution in [1.82, 2.24) is 24.7 Å². The molecule has 1 N–H and O–H groups in total. The first-order chi connectivity index (χ1) is 12.2. The monoisotopic (exact) mass is 405 g/mol. The fraction of sp³-hybridized carbons (Fsp3) is 0.526. The highest BCUT2D eigenvalue weighted by atomic mass is 79.9. The van der Waals surface area contributed by atoms with Gasteiger partial charge in [-0.05, 0) is 29.5 Å². The predicted molar refractivity (Wildman–Crippen MR) is 107 cm³/mol. The fourth-order valence-corrected chi connectivity index (χ4v) is 4.06. The zero-order valence-corrected chi connectivity index (χ0v) is 17.0. The molecule has 5 nitrogen and oxygen atoms in total. The third-order valence-corrected chi connectivity index (χ3v) is 6.03. The number of piperazine rings is 1. The topological polar surface area (TPSA) is 36.3 Å². The van der Waals surface area contributed by atoms with Crippen molar-refractivity contribution in [1.29, 1.82) is 0 Å². The molecule has 2 aromatic rings. The number of benzene rings is 1. The normalized spacial score (nSPS) is 17.8. The molecular formula is C19H28BrN5. The lowest BCUT2D eigenvalue weighted by Gasteiger charge is -2.38. The number of halogens is 1. The molecule has 136 valence electrons. The van der Waals surface area contributed by atoms with Gasteiger partial charge in [-0.15, -0.1) is 0 Å². The zero-order chi connectivity index (χ0) is 17.8. The van der Waals surface area contributed by atoms with E-state index in [1.54, 1.807) is 0 Å². The van der Waals surface area contributed by atoms with Gasteiger partial charge in [0.15, 0.2) is 0 Å².